The molecule has 1 heterocycles. The fourth-order valence-corrected chi connectivity index (χ4v) is 3.33. The maximum atomic E-state index is 12.9. The van der Waals surface area contributed by atoms with E-state index < -0.39 is 18.1 Å². The molecule has 4 nitrogen and oxygen atoms in total. The first kappa shape index (κ1) is 24.4. The molecule has 5 heteroatoms. The van der Waals surface area contributed by atoms with Gasteiger partial charge in [-0.05, 0) is 54.9 Å². The number of amides is 1. The van der Waals surface area contributed by atoms with Crippen molar-refractivity contribution in [1.29, 1.82) is 0 Å². The molecule has 1 atom stereocenters. The molecule has 0 spiro atoms. The first-order valence-corrected chi connectivity index (χ1v) is 8.79. The zero-order chi connectivity index (χ0) is 19.2. The molecule has 1 amide bonds. The minimum absolute atomic E-state index is 0.0470. The van der Waals surface area contributed by atoms with Crippen LogP contribution in [0.15, 0.2) is 12.7 Å². The number of likely N-dealkylation sites (N-methyl/N-ethyl adjacent to an activating group) is 1. The quantitative estimate of drug-likeness (QED) is 0.631. The van der Waals surface area contributed by atoms with E-state index in [2.05, 4.69) is 20.4 Å². The number of hydrogen-bond acceptors (Lipinski definition) is 3. The molecular weight excluding hydrogens is 287 g/mol. The molecule has 0 aromatic carbocycles. The summed E-state index contributed by atoms with van der Waals surface area (Å²) < 4.78 is 0. The fourth-order valence-electron chi connectivity index (χ4n) is 3.33. The number of nitrogens with zero attached hydrogens (tertiary/aromatic N) is 2. The van der Waals surface area contributed by atoms with Crippen LogP contribution in [-0.2, 0) is 4.79 Å². The van der Waals surface area contributed by atoms with Crippen LogP contribution >= 0.6 is 0 Å². The van der Waals surface area contributed by atoms with E-state index in [1.165, 1.54) is 0 Å². The van der Waals surface area contributed by atoms with Crippen molar-refractivity contribution in [2.75, 3.05) is 7.05 Å². The maximum absolute atomic E-state index is 12.9. The summed E-state index contributed by atoms with van der Waals surface area (Å²) in [4.78, 5) is 16.6. The van der Waals surface area contributed by atoms with Crippen LogP contribution in [0.3, 0.4) is 0 Å². The summed E-state index contributed by atoms with van der Waals surface area (Å²) in [5.41, 5.74) is -1.36. The van der Waals surface area contributed by atoms with Crippen molar-refractivity contribution >= 4 is 13.0 Å². The van der Waals surface area contributed by atoms with Gasteiger partial charge in [-0.2, -0.15) is 0 Å². The Hall–Kier alpha value is -0.805. The summed E-state index contributed by atoms with van der Waals surface area (Å²) in [6.07, 6.45) is 2.48. The zero-order valence-corrected chi connectivity index (χ0v) is 17.3. The molecule has 1 aliphatic heterocycles. The lowest BCUT2D eigenvalue weighted by Crippen LogP contribution is -2.58. The second-order valence-electron chi connectivity index (χ2n) is 7.00. The van der Waals surface area contributed by atoms with Crippen molar-refractivity contribution in [3.63, 3.8) is 0 Å². The van der Waals surface area contributed by atoms with Crippen molar-refractivity contribution < 1.29 is 9.82 Å². The Balaban J connectivity index is 0. The molecule has 1 rings (SSSR count). The summed E-state index contributed by atoms with van der Waals surface area (Å²) >= 11 is 0. The van der Waals surface area contributed by atoms with Crippen LogP contribution in [-0.4, -0.2) is 51.4 Å². The third kappa shape index (κ3) is 4.83. The summed E-state index contributed by atoms with van der Waals surface area (Å²) in [5, 5.41) is 9.82. The van der Waals surface area contributed by atoms with Crippen LogP contribution in [0.25, 0.3) is 0 Å². The molecule has 1 aliphatic rings. The Morgan fingerprint density at radius 3 is 1.96 bits per heavy atom. The highest BCUT2D eigenvalue weighted by Gasteiger charge is 2.58. The molecule has 0 aromatic rings. The van der Waals surface area contributed by atoms with E-state index in [1.54, 1.807) is 24.8 Å². The van der Waals surface area contributed by atoms with Gasteiger partial charge in [-0.1, -0.05) is 33.8 Å². The van der Waals surface area contributed by atoms with Gasteiger partial charge < -0.3 is 14.7 Å². The summed E-state index contributed by atoms with van der Waals surface area (Å²) in [5.74, 6) is 0.0470. The van der Waals surface area contributed by atoms with Gasteiger partial charge in [-0.25, -0.2) is 0 Å². The summed E-state index contributed by atoms with van der Waals surface area (Å²) in [6, 6.07) is 0. The lowest BCUT2D eigenvalue weighted by atomic mass is 9.77. The average Bonchev–Trinajstić information content (AvgIpc) is 2.68. The number of hydrogen-bond donors (Lipinski definition) is 1. The minimum atomic E-state index is -0.683. The van der Waals surface area contributed by atoms with Gasteiger partial charge in [0.15, 0.2) is 0 Å². The molecule has 23 heavy (non-hydrogen) atoms. The van der Waals surface area contributed by atoms with Crippen LogP contribution < -0.4 is 0 Å². The number of carbonyl (C=O) groups is 1. The van der Waals surface area contributed by atoms with E-state index in [4.69, 9.17) is 0 Å². The van der Waals surface area contributed by atoms with Gasteiger partial charge in [0.1, 0.15) is 0 Å². The highest BCUT2D eigenvalue weighted by Crippen LogP contribution is 2.44. The standard InChI is InChI=1S/C14H27BN2O2.2C2H6/c1-9-12(2,3)17-11(18)14(6,10-13(17,4)5)16(8)15(7)19;2*1-2/h9,19H,1,10H2,2-8H3;2*1-2H3. The van der Waals surface area contributed by atoms with Gasteiger partial charge in [0.2, 0.25) is 5.91 Å². The molecule has 0 bridgehead atoms. The van der Waals surface area contributed by atoms with Crippen LogP contribution in [0, 0.1) is 0 Å². The van der Waals surface area contributed by atoms with E-state index in [9.17, 15) is 9.82 Å². The van der Waals surface area contributed by atoms with E-state index in [0.29, 0.717) is 6.42 Å². The molecule has 1 unspecified atom stereocenters. The molecule has 1 saturated heterocycles. The van der Waals surface area contributed by atoms with Crippen LogP contribution in [0.4, 0.5) is 0 Å². The van der Waals surface area contributed by atoms with Crippen LogP contribution in [0.1, 0.15) is 68.7 Å². The SMILES string of the molecule is C=CC(C)(C)N1C(=O)C(C)(N(C)B(C)O)CC1(C)C.CC.CC. The Bertz CT molecular complexity index is 394. The molecule has 0 radical (unpaired) electrons. The minimum Gasteiger partial charge on any atom is -0.437 e. The molecule has 1 N–H and O–H groups in total. The first-order chi connectivity index (χ1) is 10.4. The lowest BCUT2D eigenvalue weighted by molar-refractivity contribution is -0.141. The molecular formula is C18H39BN2O2. The van der Waals surface area contributed by atoms with E-state index in [0.717, 1.165) is 0 Å². The largest absolute Gasteiger partial charge is 0.437 e. The Kier molecular flexibility index (Phi) is 9.44. The molecule has 0 saturated carbocycles. The van der Waals surface area contributed by atoms with Crippen molar-refractivity contribution in [3.05, 3.63) is 12.7 Å². The van der Waals surface area contributed by atoms with Crippen molar-refractivity contribution in [3.8, 4) is 0 Å². The van der Waals surface area contributed by atoms with E-state index in [1.807, 2.05) is 53.4 Å². The normalized spacial score (nSPS) is 22.8. The fraction of sp³-hybridized carbons (Fsp3) is 0.833. The van der Waals surface area contributed by atoms with Gasteiger partial charge >= 0.3 is 7.05 Å². The predicted molar refractivity (Wildman–Crippen MR) is 103 cm³/mol. The molecule has 1 fully saturated rings. The smallest absolute Gasteiger partial charge is 0.377 e. The van der Waals surface area contributed by atoms with Gasteiger partial charge in [0.05, 0.1) is 11.1 Å². The Morgan fingerprint density at radius 2 is 1.65 bits per heavy atom. The summed E-state index contributed by atoms with van der Waals surface area (Å²) in [6.45, 7) is 23.6. The third-order valence-electron chi connectivity index (χ3n) is 4.46. The molecule has 0 aromatic heterocycles. The van der Waals surface area contributed by atoms with Crippen LogP contribution in [0.5, 0.6) is 0 Å². The highest BCUT2D eigenvalue weighted by molar-refractivity contribution is 6.46. The monoisotopic (exact) mass is 326 g/mol. The lowest BCUT2D eigenvalue weighted by Gasteiger charge is -2.42. The highest BCUT2D eigenvalue weighted by atomic mass is 16.2. The van der Waals surface area contributed by atoms with E-state index >= 15 is 0 Å². The van der Waals surface area contributed by atoms with Gasteiger partial charge in [-0.3, -0.25) is 4.79 Å². The maximum Gasteiger partial charge on any atom is 0.377 e. The first-order valence-electron chi connectivity index (χ1n) is 8.79. The average molecular weight is 326 g/mol. The second-order valence-corrected chi connectivity index (χ2v) is 7.00. The van der Waals surface area contributed by atoms with Crippen molar-refractivity contribution in [2.45, 2.75) is 92.2 Å². The Labute approximate surface area is 145 Å². The second kappa shape index (κ2) is 8.88. The number of likely N-dealkylation sites (tertiary alicyclic amines) is 1. The van der Waals surface area contributed by atoms with Gasteiger partial charge in [-0.15, -0.1) is 6.58 Å². The topological polar surface area (TPSA) is 43.8 Å². The predicted octanol–water partition coefficient (Wildman–Crippen LogP) is 3.82. The van der Waals surface area contributed by atoms with Gasteiger partial charge in [0, 0.05) is 5.54 Å². The zero-order valence-electron chi connectivity index (χ0n) is 17.3. The molecule has 0 aliphatic carbocycles. The number of rotatable bonds is 4. The van der Waals surface area contributed by atoms with Crippen molar-refractivity contribution in [2.24, 2.45) is 0 Å². The van der Waals surface area contributed by atoms with E-state index in [-0.39, 0.29) is 11.4 Å². The number of carbonyl (C=O) groups excluding carboxylic acids is 1. The molecule has 136 valence electrons. The third-order valence-corrected chi connectivity index (χ3v) is 4.46. The van der Waals surface area contributed by atoms with Gasteiger partial charge in [0.25, 0.3) is 0 Å². The van der Waals surface area contributed by atoms with Crippen LogP contribution in [0.2, 0.25) is 6.82 Å². The van der Waals surface area contributed by atoms with Crippen molar-refractivity contribution in [1.82, 2.24) is 9.71 Å². The Morgan fingerprint density at radius 1 is 1.26 bits per heavy atom. The summed E-state index contributed by atoms with van der Waals surface area (Å²) in [7, 11) is 1.14.